The molecule has 0 spiro atoms. The number of benzene rings is 2. The lowest BCUT2D eigenvalue weighted by molar-refractivity contribution is -0.163. The van der Waals surface area contributed by atoms with Gasteiger partial charge in [-0.2, -0.15) is 0 Å². The SMILES string of the molecule is Cn1c(=O)n(CCCOC2CCCCO2)c(=O)c2c(C(O)c3ccc(Cl)cc3)c(Oc3cccc(Cl)c3)sc21. The van der Waals surface area contributed by atoms with Gasteiger partial charge < -0.3 is 19.3 Å². The summed E-state index contributed by atoms with van der Waals surface area (Å²) in [5.74, 6) is 0.436. The minimum absolute atomic E-state index is 0.158. The largest absolute Gasteiger partial charge is 0.446 e. The topological polar surface area (TPSA) is 91.9 Å². The number of aliphatic hydroxyl groups is 1. The van der Waals surface area contributed by atoms with E-state index < -0.39 is 17.4 Å². The summed E-state index contributed by atoms with van der Waals surface area (Å²) >= 11 is 13.3. The molecule has 0 amide bonds. The first-order valence-corrected chi connectivity index (χ1v) is 14.3. The number of aliphatic hydroxyl groups excluding tert-OH is 1. The van der Waals surface area contributed by atoms with Gasteiger partial charge in [0.05, 0.1) is 17.6 Å². The van der Waals surface area contributed by atoms with Crippen molar-refractivity contribution in [1.29, 1.82) is 0 Å². The van der Waals surface area contributed by atoms with Gasteiger partial charge in [-0.3, -0.25) is 13.9 Å². The van der Waals surface area contributed by atoms with E-state index in [-0.39, 0.29) is 28.8 Å². The van der Waals surface area contributed by atoms with Crippen molar-refractivity contribution >= 4 is 44.8 Å². The van der Waals surface area contributed by atoms with Gasteiger partial charge in [0.15, 0.2) is 11.4 Å². The number of rotatable bonds is 9. The second kappa shape index (κ2) is 12.2. The van der Waals surface area contributed by atoms with Crippen LogP contribution in [0.5, 0.6) is 10.8 Å². The van der Waals surface area contributed by atoms with Crippen LogP contribution in [0.25, 0.3) is 10.2 Å². The average molecular weight is 592 g/mol. The molecule has 1 aliphatic rings. The van der Waals surface area contributed by atoms with Crippen molar-refractivity contribution in [3.8, 4) is 10.8 Å². The van der Waals surface area contributed by atoms with Crippen LogP contribution >= 0.6 is 34.5 Å². The molecular weight excluding hydrogens is 563 g/mol. The second-order valence-corrected chi connectivity index (χ2v) is 11.2. The van der Waals surface area contributed by atoms with E-state index in [0.29, 0.717) is 45.8 Å². The molecule has 0 radical (unpaired) electrons. The summed E-state index contributed by atoms with van der Waals surface area (Å²) in [5, 5.41) is 13.0. The van der Waals surface area contributed by atoms with Gasteiger partial charge in [0.1, 0.15) is 16.7 Å². The number of hydrogen-bond acceptors (Lipinski definition) is 7. The Morgan fingerprint density at radius 3 is 2.64 bits per heavy atom. The molecule has 2 aromatic carbocycles. The maximum absolute atomic E-state index is 13.8. The molecule has 39 heavy (non-hydrogen) atoms. The minimum atomic E-state index is -1.21. The smallest absolute Gasteiger partial charge is 0.331 e. The van der Waals surface area contributed by atoms with E-state index >= 15 is 0 Å². The summed E-state index contributed by atoms with van der Waals surface area (Å²) < 4.78 is 20.1. The summed E-state index contributed by atoms with van der Waals surface area (Å²) in [6.45, 7) is 1.19. The van der Waals surface area contributed by atoms with Crippen molar-refractivity contribution in [3.63, 3.8) is 0 Å². The van der Waals surface area contributed by atoms with Crippen molar-refractivity contribution in [1.82, 2.24) is 9.13 Å². The maximum atomic E-state index is 13.8. The molecule has 8 nitrogen and oxygen atoms in total. The van der Waals surface area contributed by atoms with E-state index in [4.69, 9.17) is 37.4 Å². The molecule has 1 N–H and O–H groups in total. The first-order chi connectivity index (χ1) is 18.8. The normalized spacial score (nSPS) is 16.5. The lowest BCUT2D eigenvalue weighted by Gasteiger charge is -2.22. The zero-order valence-corrected chi connectivity index (χ0v) is 23.6. The third-order valence-corrected chi connectivity index (χ3v) is 8.25. The van der Waals surface area contributed by atoms with E-state index in [9.17, 15) is 14.7 Å². The lowest BCUT2D eigenvalue weighted by atomic mass is 10.0. The van der Waals surface area contributed by atoms with Gasteiger partial charge in [0.2, 0.25) is 0 Å². The van der Waals surface area contributed by atoms with E-state index in [2.05, 4.69) is 0 Å². The lowest BCUT2D eigenvalue weighted by Crippen LogP contribution is -2.39. The monoisotopic (exact) mass is 590 g/mol. The molecule has 0 aliphatic carbocycles. The van der Waals surface area contributed by atoms with Gasteiger partial charge in [-0.15, -0.1) is 0 Å². The molecule has 2 aromatic heterocycles. The number of nitrogens with zero attached hydrogens (tertiary/aromatic N) is 2. The first kappa shape index (κ1) is 27.9. The highest BCUT2D eigenvalue weighted by Crippen LogP contribution is 2.43. The van der Waals surface area contributed by atoms with Crippen LogP contribution in [0, 0.1) is 0 Å². The number of aryl methyl sites for hydroxylation is 1. The standard InChI is InChI=1S/C28H28Cl2N2O6S/c1-31-26-23(25(34)32(28(31)35)13-5-15-37-21-8-2-3-14-36-21)22(24(33)17-9-11-18(29)12-10-17)27(39-26)38-20-7-4-6-19(30)16-20/h4,6-7,9-12,16,21,24,33H,2-3,5,8,13-15H2,1H3. The fourth-order valence-electron chi connectivity index (χ4n) is 4.59. The van der Waals surface area contributed by atoms with Gasteiger partial charge in [-0.1, -0.05) is 52.7 Å². The van der Waals surface area contributed by atoms with Crippen LogP contribution in [0.3, 0.4) is 0 Å². The Kier molecular flexibility index (Phi) is 8.76. The fraction of sp³-hybridized carbons (Fsp3) is 0.357. The molecule has 3 heterocycles. The van der Waals surface area contributed by atoms with Crippen molar-refractivity contribution in [2.24, 2.45) is 7.05 Å². The second-order valence-electron chi connectivity index (χ2n) is 9.32. The number of ether oxygens (including phenoxy) is 3. The van der Waals surface area contributed by atoms with E-state index in [1.54, 1.807) is 55.6 Å². The molecular formula is C28H28Cl2N2O6S. The summed E-state index contributed by atoms with van der Waals surface area (Å²) in [7, 11) is 1.60. The highest BCUT2D eigenvalue weighted by molar-refractivity contribution is 7.20. The molecule has 4 aromatic rings. The Balaban J connectivity index is 1.55. The summed E-state index contributed by atoms with van der Waals surface area (Å²) in [5.41, 5.74) is -0.152. The predicted molar refractivity (Wildman–Crippen MR) is 153 cm³/mol. The van der Waals surface area contributed by atoms with Crippen molar-refractivity contribution in [2.75, 3.05) is 13.2 Å². The summed E-state index contributed by atoms with van der Waals surface area (Å²) in [6.07, 6.45) is 1.91. The van der Waals surface area contributed by atoms with Crippen molar-refractivity contribution in [3.05, 3.63) is 90.5 Å². The molecule has 1 saturated heterocycles. The molecule has 0 bridgehead atoms. The average Bonchev–Trinajstić information content (AvgIpc) is 3.31. The maximum Gasteiger partial charge on any atom is 0.331 e. The molecule has 1 aliphatic heterocycles. The van der Waals surface area contributed by atoms with Crippen LogP contribution in [0.4, 0.5) is 0 Å². The van der Waals surface area contributed by atoms with Gasteiger partial charge in [-0.05, 0) is 61.6 Å². The van der Waals surface area contributed by atoms with Crippen LogP contribution in [0.2, 0.25) is 10.0 Å². The Bertz CT molecular complexity index is 1570. The van der Waals surface area contributed by atoms with Crippen molar-refractivity contribution < 1.29 is 19.3 Å². The van der Waals surface area contributed by atoms with Gasteiger partial charge in [0, 0.05) is 30.2 Å². The Morgan fingerprint density at radius 2 is 1.92 bits per heavy atom. The van der Waals surface area contributed by atoms with Crippen molar-refractivity contribution in [2.45, 2.75) is 44.6 Å². The fourth-order valence-corrected chi connectivity index (χ4v) is 6.05. The quantitative estimate of drug-likeness (QED) is 0.245. The highest BCUT2D eigenvalue weighted by atomic mass is 35.5. The number of halogens is 2. The van der Waals surface area contributed by atoms with Crippen LogP contribution in [0.15, 0.2) is 58.1 Å². The van der Waals surface area contributed by atoms with Gasteiger partial charge >= 0.3 is 5.69 Å². The molecule has 206 valence electrons. The predicted octanol–water partition coefficient (Wildman–Crippen LogP) is 5.88. The zero-order valence-electron chi connectivity index (χ0n) is 21.3. The highest BCUT2D eigenvalue weighted by Gasteiger charge is 2.28. The molecule has 0 saturated carbocycles. The molecule has 2 atom stereocenters. The Hall–Kier alpha value is -2.66. The van der Waals surface area contributed by atoms with E-state index in [1.807, 2.05) is 0 Å². The minimum Gasteiger partial charge on any atom is -0.446 e. The van der Waals surface area contributed by atoms with E-state index in [0.717, 1.165) is 30.6 Å². The van der Waals surface area contributed by atoms with Crippen LogP contribution in [-0.2, 0) is 23.1 Å². The summed E-state index contributed by atoms with van der Waals surface area (Å²) in [4.78, 5) is 27.4. The van der Waals surface area contributed by atoms with Crippen LogP contribution in [-0.4, -0.2) is 33.7 Å². The third kappa shape index (κ3) is 6.09. The Labute approximate surface area is 238 Å². The molecule has 11 heteroatoms. The summed E-state index contributed by atoms with van der Waals surface area (Å²) in [6, 6.07) is 13.5. The third-order valence-electron chi connectivity index (χ3n) is 6.61. The first-order valence-electron chi connectivity index (χ1n) is 12.7. The number of aromatic nitrogens is 2. The van der Waals surface area contributed by atoms with Gasteiger partial charge in [-0.25, -0.2) is 4.79 Å². The number of fused-ring (bicyclic) bond motifs is 1. The number of thiophene rings is 1. The van der Waals surface area contributed by atoms with Gasteiger partial charge in [0.25, 0.3) is 5.56 Å². The molecule has 2 unspecified atom stereocenters. The van der Waals surface area contributed by atoms with Crippen LogP contribution in [0.1, 0.15) is 42.9 Å². The van der Waals surface area contributed by atoms with E-state index in [1.165, 1.54) is 9.13 Å². The zero-order chi connectivity index (χ0) is 27.5. The molecule has 5 rings (SSSR count). The molecule has 1 fully saturated rings. The van der Waals surface area contributed by atoms with Crippen LogP contribution < -0.4 is 16.0 Å². The number of hydrogen-bond donors (Lipinski definition) is 1. The Morgan fingerprint density at radius 1 is 1.13 bits per heavy atom.